The summed E-state index contributed by atoms with van der Waals surface area (Å²) in [7, 11) is 0. The van der Waals surface area contributed by atoms with E-state index in [9.17, 15) is 0 Å². The third kappa shape index (κ3) is 1.33. The fourth-order valence-corrected chi connectivity index (χ4v) is 1.52. The van der Waals surface area contributed by atoms with E-state index in [2.05, 4.69) is 49.4 Å². The van der Waals surface area contributed by atoms with E-state index in [1.807, 2.05) is 0 Å². The monoisotopic (exact) mass is 156 g/mol. The summed E-state index contributed by atoms with van der Waals surface area (Å²) in [6, 6.07) is 10.6. The van der Waals surface area contributed by atoms with Crippen molar-refractivity contribution in [3.05, 3.63) is 53.6 Å². The molecule has 1 aromatic rings. The molecule has 0 aliphatic heterocycles. The molecule has 0 radical (unpaired) electrons. The third-order valence-corrected chi connectivity index (χ3v) is 2.19. The summed E-state index contributed by atoms with van der Waals surface area (Å²) in [5.74, 6) is 0. The summed E-state index contributed by atoms with van der Waals surface area (Å²) in [5, 5.41) is 0. The van der Waals surface area contributed by atoms with Gasteiger partial charge >= 0.3 is 0 Å². The maximum absolute atomic E-state index is 2.27. The lowest BCUT2D eigenvalue weighted by atomic mass is 10.1. The quantitative estimate of drug-likeness (QED) is 0.584. The number of allylic oxidation sites excluding steroid dienone is 4. The first-order valence-corrected chi connectivity index (χ1v) is 4.29. The predicted octanol–water partition coefficient (Wildman–Crippen LogP) is 3.42. The normalized spacial score (nSPS) is 15.8. The van der Waals surface area contributed by atoms with Gasteiger partial charge in [-0.15, -0.1) is 0 Å². The van der Waals surface area contributed by atoms with Gasteiger partial charge in [-0.05, 0) is 24.5 Å². The number of rotatable bonds is 1. The molecule has 0 bridgehead atoms. The second-order valence-corrected chi connectivity index (χ2v) is 3.19. The molecular weight excluding hydrogens is 144 g/mol. The second-order valence-electron chi connectivity index (χ2n) is 3.19. The number of benzene rings is 1. The van der Waals surface area contributed by atoms with E-state index in [1.54, 1.807) is 0 Å². The van der Waals surface area contributed by atoms with E-state index < -0.39 is 0 Å². The van der Waals surface area contributed by atoms with Gasteiger partial charge in [0.25, 0.3) is 0 Å². The summed E-state index contributed by atoms with van der Waals surface area (Å²) in [6.07, 6.45) is 5.62. The Kier molecular flexibility index (Phi) is 1.83. The first-order chi connectivity index (χ1) is 5.86. The van der Waals surface area contributed by atoms with Crippen LogP contribution in [0.15, 0.2) is 48.1 Å². The minimum absolute atomic E-state index is 1.09. The average Bonchev–Trinajstić information content (AvgIpc) is 2.54. The van der Waals surface area contributed by atoms with Crippen LogP contribution in [-0.4, -0.2) is 0 Å². The molecule has 1 aliphatic rings. The molecular formula is C12H12. The molecule has 12 heavy (non-hydrogen) atoms. The summed E-state index contributed by atoms with van der Waals surface area (Å²) in [5.41, 5.74) is 4.17. The highest BCUT2D eigenvalue weighted by Crippen LogP contribution is 2.25. The van der Waals surface area contributed by atoms with Crippen LogP contribution in [0, 0.1) is 0 Å². The zero-order chi connectivity index (χ0) is 8.39. The van der Waals surface area contributed by atoms with Gasteiger partial charge in [0.2, 0.25) is 0 Å². The third-order valence-electron chi connectivity index (χ3n) is 2.19. The first kappa shape index (κ1) is 7.35. The first-order valence-electron chi connectivity index (χ1n) is 4.29. The lowest BCUT2D eigenvalue weighted by molar-refractivity contribution is 1.41. The Morgan fingerprint density at radius 3 is 2.42 bits per heavy atom. The van der Waals surface area contributed by atoms with Crippen molar-refractivity contribution < 1.29 is 0 Å². The van der Waals surface area contributed by atoms with E-state index >= 15 is 0 Å². The Balaban J connectivity index is 2.30. The Bertz CT molecular complexity index is 328. The van der Waals surface area contributed by atoms with Crippen LogP contribution in [-0.2, 0) is 0 Å². The van der Waals surface area contributed by atoms with Crippen LogP contribution in [0.5, 0.6) is 0 Å². The van der Waals surface area contributed by atoms with Crippen molar-refractivity contribution in [3.8, 4) is 0 Å². The fraction of sp³-hybridized carbons (Fsp3) is 0.167. The second kappa shape index (κ2) is 2.98. The van der Waals surface area contributed by atoms with E-state index in [4.69, 9.17) is 0 Å². The van der Waals surface area contributed by atoms with Crippen LogP contribution >= 0.6 is 0 Å². The Morgan fingerprint density at radius 2 is 1.83 bits per heavy atom. The van der Waals surface area contributed by atoms with Crippen molar-refractivity contribution in [3.63, 3.8) is 0 Å². The Hall–Kier alpha value is -1.30. The average molecular weight is 156 g/mol. The molecule has 0 atom stereocenters. The molecule has 0 aromatic heterocycles. The Labute approximate surface area is 73.2 Å². The molecule has 1 aromatic carbocycles. The molecule has 0 heterocycles. The van der Waals surface area contributed by atoms with Gasteiger partial charge in [0.05, 0.1) is 0 Å². The molecule has 0 heteroatoms. The van der Waals surface area contributed by atoms with Gasteiger partial charge in [-0.2, -0.15) is 0 Å². The minimum Gasteiger partial charge on any atom is -0.0772 e. The molecule has 0 amide bonds. The number of hydrogen-bond donors (Lipinski definition) is 0. The van der Waals surface area contributed by atoms with Gasteiger partial charge in [-0.1, -0.05) is 48.1 Å². The van der Waals surface area contributed by atoms with Crippen LogP contribution in [0.3, 0.4) is 0 Å². The maximum atomic E-state index is 2.27. The van der Waals surface area contributed by atoms with E-state index in [0.717, 1.165) is 6.42 Å². The van der Waals surface area contributed by atoms with Crippen LogP contribution in [0.4, 0.5) is 0 Å². The van der Waals surface area contributed by atoms with Gasteiger partial charge in [0, 0.05) is 0 Å². The van der Waals surface area contributed by atoms with Crippen molar-refractivity contribution in [2.75, 3.05) is 0 Å². The lowest BCUT2D eigenvalue weighted by Gasteiger charge is -1.99. The SMILES string of the molecule is CC1=CCC(c2ccccc2)=C1. The fourth-order valence-electron chi connectivity index (χ4n) is 1.52. The molecule has 0 unspecified atom stereocenters. The van der Waals surface area contributed by atoms with E-state index in [1.165, 1.54) is 16.7 Å². The molecule has 0 fully saturated rings. The van der Waals surface area contributed by atoms with Gasteiger partial charge < -0.3 is 0 Å². The summed E-state index contributed by atoms with van der Waals surface area (Å²) < 4.78 is 0. The molecule has 0 saturated carbocycles. The summed E-state index contributed by atoms with van der Waals surface area (Å²) >= 11 is 0. The highest BCUT2D eigenvalue weighted by atomic mass is 14.1. The van der Waals surface area contributed by atoms with Gasteiger partial charge in [-0.25, -0.2) is 0 Å². The zero-order valence-corrected chi connectivity index (χ0v) is 7.25. The Morgan fingerprint density at radius 1 is 1.08 bits per heavy atom. The largest absolute Gasteiger partial charge is 0.0772 e. The molecule has 2 rings (SSSR count). The predicted molar refractivity (Wildman–Crippen MR) is 52.8 cm³/mol. The van der Waals surface area contributed by atoms with Gasteiger partial charge in [0.15, 0.2) is 0 Å². The van der Waals surface area contributed by atoms with Crippen LogP contribution in [0.1, 0.15) is 18.9 Å². The molecule has 0 spiro atoms. The molecule has 60 valence electrons. The topological polar surface area (TPSA) is 0 Å². The van der Waals surface area contributed by atoms with Crippen molar-refractivity contribution >= 4 is 5.57 Å². The summed E-state index contributed by atoms with van der Waals surface area (Å²) in [4.78, 5) is 0. The lowest BCUT2D eigenvalue weighted by Crippen LogP contribution is -1.77. The van der Waals surface area contributed by atoms with Crippen molar-refractivity contribution in [1.29, 1.82) is 0 Å². The van der Waals surface area contributed by atoms with E-state index in [0.29, 0.717) is 0 Å². The number of hydrogen-bond acceptors (Lipinski definition) is 0. The molecule has 0 N–H and O–H groups in total. The standard InChI is InChI=1S/C12H12/c1-10-7-8-12(9-10)11-5-3-2-4-6-11/h2-7,9H,8H2,1H3. The highest BCUT2D eigenvalue weighted by Gasteiger charge is 2.04. The molecule has 0 nitrogen and oxygen atoms in total. The van der Waals surface area contributed by atoms with Crippen LogP contribution < -0.4 is 0 Å². The van der Waals surface area contributed by atoms with Crippen molar-refractivity contribution in [1.82, 2.24) is 0 Å². The molecule has 1 aliphatic carbocycles. The minimum atomic E-state index is 1.09. The van der Waals surface area contributed by atoms with Gasteiger partial charge in [0.1, 0.15) is 0 Å². The van der Waals surface area contributed by atoms with Crippen LogP contribution in [0.25, 0.3) is 5.57 Å². The van der Waals surface area contributed by atoms with Crippen LogP contribution in [0.2, 0.25) is 0 Å². The zero-order valence-electron chi connectivity index (χ0n) is 7.25. The molecule has 0 saturated heterocycles. The van der Waals surface area contributed by atoms with E-state index in [-0.39, 0.29) is 0 Å². The summed E-state index contributed by atoms with van der Waals surface area (Å²) in [6.45, 7) is 2.15. The maximum Gasteiger partial charge on any atom is -0.00857 e. The van der Waals surface area contributed by atoms with Crippen molar-refractivity contribution in [2.24, 2.45) is 0 Å². The van der Waals surface area contributed by atoms with Crippen molar-refractivity contribution in [2.45, 2.75) is 13.3 Å². The van der Waals surface area contributed by atoms with Gasteiger partial charge in [-0.3, -0.25) is 0 Å². The smallest absolute Gasteiger partial charge is 0.00857 e. The highest BCUT2D eigenvalue weighted by molar-refractivity contribution is 5.72.